The number of aromatic nitrogens is 3. The van der Waals surface area contributed by atoms with Gasteiger partial charge in [-0.25, -0.2) is 9.67 Å². The van der Waals surface area contributed by atoms with Crippen LogP contribution in [0.1, 0.15) is 0 Å². The summed E-state index contributed by atoms with van der Waals surface area (Å²) in [6, 6.07) is 24.2. The Labute approximate surface area is 136 Å². The first kappa shape index (κ1) is 13.2. The molecule has 3 nitrogen and oxygen atoms in total. The number of para-hydroxylation sites is 1. The summed E-state index contributed by atoms with van der Waals surface area (Å²) in [5, 5.41) is 5.79. The minimum Gasteiger partial charge on any atom is -0.229 e. The predicted octanol–water partition coefficient (Wildman–Crippen LogP) is 4.85. The van der Waals surface area contributed by atoms with Crippen molar-refractivity contribution in [2.24, 2.45) is 0 Å². The van der Waals surface area contributed by atoms with E-state index in [2.05, 4.69) is 38.1 Å². The number of halogens is 1. The standard InChI is InChI=1S/C18H12BrN3/c19-17-12-16(13-6-2-1-3-7-13)21-22(17)18-11-10-14-8-4-5-9-15(14)20-18/h1-12H. The van der Waals surface area contributed by atoms with Crippen molar-refractivity contribution >= 4 is 26.8 Å². The van der Waals surface area contributed by atoms with Gasteiger partial charge in [-0.05, 0) is 40.2 Å². The summed E-state index contributed by atoms with van der Waals surface area (Å²) >= 11 is 3.58. The second-order valence-corrected chi connectivity index (χ2v) is 5.80. The Balaban J connectivity index is 1.83. The topological polar surface area (TPSA) is 30.7 Å². The number of benzene rings is 2. The highest BCUT2D eigenvalue weighted by Crippen LogP contribution is 2.25. The van der Waals surface area contributed by atoms with E-state index in [0.717, 1.165) is 32.6 Å². The van der Waals surface area contributed by atoms with E-state index in [4.69, 9.17) is 0 Å². The van der Waals surface area contributed by atoms with Crippen LogP contribution < -0.4 is 0 Å². The van der Waals surface area contributed by atoms with Crippen molar-refractivity contribution in [3.8, 4) is 17.1 Å². The molecule has 2 heterocycles. The normalized spacial score (nSPS) is 11.0. The molecule has 0 saturated carbocycles. The second-order valence-electron chi connectivity index (χ2n) is 4.99. The molecule has 0 N–H and O–H groups in total. The maximum atomic E-state index is 4.68. The Hall–Kier alpha value is -2.46. The number of rotatable bonds is 2. The van der Waals surface area contributed by atoms with Gasteiger partial charge in [0.1, 0.15) is 4.60 Å². The third-order valence-corrected chi connectivity index (χ3v) is 4.10. The first-order valence-corrected chi connectivity index (χ1v) is 7.78. The number of hydrogen-bond donors (Lipinski definition) is 0. The first-order valence-electron chi connectivity index (χ1n) is 6.98. The maximum absolute atomic E-state index is 4.68. The van der Waals surface area contributed by atoms with Crippen LogP contribution in [-0.2, 0) is 0 Å². The van der Waals surface area contributed by atoms with Crippen molar-refractivity contribution in [3.05, 3.63) is 77.4 Å². The number of nitrogens with zero attached hydrogens (tertiary/aromatic N) is 3. The zero-order valence-electron chi connectivity index (χ0n) is 11.6. The predicted molar refractivity (Wildman–Crippen MR) is 92.0 cm³/mol. The first-order chi connectivity index (χ1) is 10.8. The molecule has 0 atom stereocenters. The SMILES string of the molecule is Brc1cc(-c2ccccc2)nn1-c1ccc2ccccc2n1. The summed E-state index contributed by atoms with van der Waals surface area (Å²) < 4.78 is 2.70. The Kier molecular flexibility index (Phi) is 3.24. The van der Waals surface area contributed by atoms with E-state index in [9.17, 15) is 0 Å². The Morgan fingerprint density at radius 2 is 1.59 bits per heavy atom. The van der Waals surface area contributed by atoms with E-state index in [-0.39, 0.29) is 0 Å². The van der Waals surface area contributed by atoms with Crippen molar-refractivity contribution < 1.29 is 0 Å². The lowest BCUT2D eigenvalue weighted by Gasteiger charge is -2.04. The van der Waals surface area contributed by atoms with Gasteiger partial charge in [-0.1, -0.05) is 48.5 Å². The van der Waals surface area contributed by atoms with Gasteiger partial charge in [0.25, 0.3) is 0 Å². The van der Waals surface area contributed by atoms with Crippen LogP contribution in [0.4, 0.5) is 0 Å². The van der Waals surface area contributed by atoms with E-state index < -0.39 is 0 Å². The van der Waals surface area contributed by atoms with Crippen molar-refractivity contribution in [1.29, 1.82) is 0 Å². The second kappa shape index (κ2) is 5.39. The van der Waals surface area contributed by atoms with E-state index in [0.29, 0.717) is 0 Å². The third-order valence-electron chi connectivity index (χ3n) is 3.54. The zero-order chi connectivity index (χ0) is 14.9. The van der Waals surface area contributed by atoms with Crippen molar-refractivity contribution in [2.75, 3.05) is 0 Å². The van der Waals surface area contributed by atoms with Crippen LogP contribution in [0.15, 0.2) is 77.4 Å². The molecule has 106 valence electrons. The quantitative estimate of drug-likeness (QED) is 0.517. The van der Waals surface area contributed by atoms with Gasteiger partial charge < -0.3 is 0 Å². The largest absolute Gasteiger partial charge is 0.229 e. The highest BCUT2D eigenvalue weighted by molar-refractivity contribution is 9.10. The van der Waals surface area contributed by atoms with Gasteiger partial charge in [0, 0.05) is 10.9 Å². The summed E-state index contributed by atoms with van der Waals surface area (Å²) in [6.45, 7) is 0. The molecule has 0 unspecified atom stereocenters. The molecule has 0 saturated heterocycles. The fourth-order valence-electron chi connectivity index (χ4n) is 2.44. The van der Waals surface area contributed by atoms with E-state index in [1.54, 1.807) is 0 Å². The molecule has 0 bridgehead atoms. The van der Waals surface area contributed by atoms with Gasteiger partial charge in [-0.15, -0.1) is 0 Å². The van der Waals surface area contributed by atoms with Crippen molar-refractivity contribution in [3.63, 3.8) is 0 Å². The lowest BCUT2D eigenvalue weighted by atomic mass is 10.2. The van der Waals surface area contributed by atoms with Crippen LogP contribution in [0.3, 0.4) is 0 Å². The molecule has 0 radical (unpaired) electrons. The summed E-state index contributed by atoms with van der Waals surface area (Å²) in [6.07, 6.45) is 0. The highest BCUT2D eigenvalue weighted by atomic mass is 79.9. The van der Waals surface area contributed by atoms with Gasteiger partial charge >= 0.3 is 0 Å². The Bertz CT molecular complexity index is 945. The van der Waals surface area contributed by atoms with Gasteiger partial charge in [-0.3, -0.25) is 0 Å². The number of fused-ring (bicyclic) bond motifs is 1. The molecular formula is C18H12BrN3. The molecule has 0 aliphatic rings. The summed E-state index contributed by atoms with van der Waals surface area (Å²) in [7, 11) is 0. The minimum absolute atomic E-state index is 0.799. The lowest BCUT2D eigenvalue weighted by Crippen LogP contribution is -2.00. The molecule has 2 aromatic carbocycles. The van der Waals surface area contributed by atoms with Crippen LogP contribution in [0.25, 0.3) is 28.0 Å². The number of pyridine rings is 1. The smallest absolute Gasteiger partial charge is 0.155 e. The van der Waals surface area contributed by atoms with Crippen LogP contribution in [0.5, 0.6) is 0 Å². The van der Waals surface area contributed by atoms with Crippen LogP contribution in [-0.4, -0.2) is 14.8 Å². The average molecular weight is 350 g/mol. The fourth-order valence-corrected chi connectivity index (χ4v) is 2.92. The summed E-state index contributed by atoms with van der Waals surface area (Å²) in [5.41, 5.74) is 2.97. The van der Waals surface area contributed by atoms with Gasteiger partial charge in [0.2, 0.25) is 0 Å². The summed E-state index contributed by atoms with van der Waals surface area (Å²) in [5.74, 6) is 0.799. The molecule has 0 aliphatic heterocycles. The number of hydrogen-bond acceptors (Lipinski definition) is 2. The molecule has 4 aromatic rings. The van der Waals surface area contributed by atoms with Crippen molar-refractivity contribution in [2.45, 2.75) is 0 Å². The summed E-state index contributed by atoms with van der Waals surface area (Å²) in [4.78, 5) is 4.68. The third kappa shape index (κ3) is 2.31. The van der Waals surface area contributed by atoms with Gasteiger partial charge in [0.05, 0.1) is 11.2 Å². The van der Waals surface area contributed by atoms with Crippen LogP contribution >= 0.6 is 15.9 Å². The monoisotopic (exact) mass is 349 g/mol. The molecule has 2 aromatic heterocycles. The zero-order valence-corrected chi connectivity index (χ0v) is 13.2. The average Bonchev–Trinajstić information content (AvgIpc) is 2.97. The van der Waals surface area contributed by atoms with Crippen molar-refractivity contribution in [1.82, 2.24) is 14.8 Å². The van der Waals surface area contributed by atoms with E-state index in [1.165, 1.54) is 0 Å². The molecule has 4 heteroatoms. The molecule has 0 fully saturated rings. The van der Waals surface area contributed by atoms with Crippen LogP contribution in [0, 0.1) is 0 Å². The molecule has 0 aliphatic carbocycles. The van der Waals surface area contributed by atoms with E-state index in [1.807, 2.05) is 65.3 Å². The minimum atomic E-state index is 0.799. The maximum Gasteiger partial charge on any atom is 0.155 e. The molecule has 0 amide bonds. The van der Waals surface area contributed by atoms with Gasteiger partial charge in [0.15, 0.2) is 5.82 Å². The van der Waals surface area contributed by atoms with Crippen LogP contribution in [0.2, 0.25) is 0 Å². The van der Waals surface area contributed by atoms with E-state index >= 15 is 0 Å². The fraction of sp³-hybridized carbons (Fsp3) is 0. The molecule has 0 spiro atoms. The Morgan fingerprint density at radius 1 is 0.818 bits per heavy atom. The Morgan fingerprint density at radius 3 is 2.45 bits per heavy atom. The molecule has 4 rings (SSSR count). The lowest BCUT2D eigenvalue weighted by molar-refractivity contribution is 0.837. The molecular weight excluding hydrogens is 338 g/mol. The highest BCUT2D eigenvalue weighted by Gasteiger charge is 2.10. The van der Waals surface area contributed by atoms with Gasteiger partial charge in [-0.2, -0.15) is 5.10 Å². The molecule has 22 heavy (non-hydrogen) atoms.